The molecule has 5 rings (SSSR count). The van der Waals surface area contributed by atoms with Crippen LogP contribution in [0.2, 0.25) is 5.02 Å². The molecule has 1 aromatic carbocycles. The summed E-state index contributed by atoms with van der Waals surface area (Å²) in [7, 11) is 1.74. The number of piperazine rings is 1. The molecule has 4 heterocycles. The smallest absolute Gasteiger partial charge is 0.250 e. The molecule has 3 aromatic heterocycles. The lowest BCUT2D eigenvalue weighted by molar-refractivity contribution is 0.188. The van der Waals surface area contributed by atoms with Crippen molar-refractivity contribution in [3.8, 4) is 11.1 Å². The van der Waals surface area contributed by atoms with Crippen molar-refractivity contribution in [2.24, 2.45) is 7.05 Å². The first kappa shape index (κ1) is 24.2. The molecule has 0 atom stereocenters. The minimum absolute atomic E-state index is 0.0518. The van der Waals surface area contributed by atoms with Crippen LogP contribution in [0.1, 0.15) is 5.56 Å². The van der Waals surface area contributed by atoms with Crippen molar-refractivity contribution in [1.82, 2.24) is 24.4 Å². The Bertz CT molecular complexity index is 1430. The average Bonchev–Trinajstić information content (AvgIpc) is 2.89. The highest BCUT2D eigenvalue weighted by atomic mass is 35.5. The maximum absolute atomic E-state index is 11.9. The van der Waals surface area contributed by atoms with Gasteiger partial charge in [0.25, 0.3) is 0 Å². The molecule has 0 aliphatic carbocycles. The first-order valence-corrected chi connectivity index (χ1v) is 12.3. The fourth-order valence-corrected chi connectivity index (χ4v) is 4.58. The number of aliphatic hydroxyl groups excluding tert-OH is 1. The van der Waals surface area contributed by atoms with Crippen LogP contribution in [0.3, 0.4) is 0 Å². The van der Waals surface area contributed by atoms with Gasteiger partial charge in [-0.05, 0) is 41.0 Å². The predicted molar refractivity (Wildman–Crippen MR) is 143 cm³/mol. The SMILES string of the molecule is Cn1cc(-c2ccc3nc(N4CCN(CCO)CC4)nc(NCc4cncc(Cl)c4)c3c2)ccc1=O. The molecule has 9 nitrogen and oxygen atoms in total. The normalized spacial score (nSPS) is 14.4. The molecular formula is C26H28ClN7O2. The predicted octanol–water partition coefficient (Wildman–Crippen LogP) is 2.77. The molecule has 0 saturated carbocycles. The maximum atomic E-state index is 11.9. The van der Waals surface area contributed by atoms with Gasteiger partial charge in [0, 0.05) is 76.4 Å². The Balaban J connectivity index is 1.51. The number of hydrogen-bond donors (Lipinski definition) is 2. The molecule has 4 aromatic rings. The summed E-state index contributed by atoms with van der Waals surface area (Å²) < 4.78 is 1.57. The zero-order chi connectivity index (χ0) is 25.1. The zero-order valence-corrected chi connectivity index (χ0v) is 20.8. The largest absolute Gasteiger partial charge is 0.395 e. The summed E-state index contributed by atoms with van der Waals surface area (Å²) >= 11 is 6.13. The molecule has 1 saturated heterocycles. The van der Waals surface area contributed by atoms with Crippen LogP contribution >= 0.6 is 11.6 Å². The zero-order valence-electron chi connectivity index (χ0n) is 20.1. The van der Waals surface area contributed by atoms with E-state index in [-0.39, 0.29) is 12.2 Å². The number of aryl methyl sites for hydroxylation is 1. The van der Waals surface area contributed by atoms with Crippen LogP contribution in [-0.4, -0.2) is 68.9 Å². The van der Waals surface area contributed by atoms with E-state index in [1.807, 2.05) is 30.5 Å². The molecule has 36 heavy (non-hydrogen) atoms. The van der Waals surface area contributed by atoms with Gasteiger partial charge < -0.3 is 19.9 Å². The fraction of sp³-hybridized carbons (Fsp3) is 0.308. The van der Waals surface area contributed by atoms with Crippen LogP contribution in [0.15, 0.2) is 59.8 Å². The Hall–Kier alpha value is -3.53. The molecule has 1 fully saturated rings. The number of nitrogens with one attached hydrogen (secondary N) is 1. The van der Waals surface area contributed by atoms with Gasteiger partial charge in [-0.15, -0.1) is 0 Å². The van der Waals surface area contributed by atoms with Crippen LogP contribution in [0.25, 0.3) is 22.0 Å². The molecule has 0 bridgehead atoms. The van der Waals surface area contributed by atoms with E-state index in [4.69, 9.17) is 21.6 Å². The first-order valence-electron chi connectivity index (χ1n) is 11.9. The van der Waals surface area contributed by atoms with E-state index in [1.165, 1.54) is 0 Å². The number of hydrogen-bond acceptors (Lipinski definition) is 8. The van der Waals surface area contributed by atoms with Crippen molar-refractivity contribution in [1.29, 1.82) is 0 Å². The van der Waals surface area contributed by atoms with Crippen molar-refractivity contribution in [2.75, 3.05) is 49.5 Å². The second-order valence-corrected chi connectivity index (χ2v) is 9.32. The number of rotatable bonds is 7. The molecule has 1 aliphatic heterocycles. The second-order valence-electron chi connectivity index (χ2n) is 8.89. The third kappa shape index (κ3) is 5.33. The van der Waals surface area contributed by atoms with Gasteiger partial charge in [0.1, 0.15) is 5.82 Å². The number of halogens is 1. The summed E-state index contributed by atoms with van der Waals surface area (Å²) in [6, 6.07) is 11.3. The minimum Gasteiger partial charge on any atom is -0.395 e. The number of fused-ring (bicyclic) bond motifs is 1. The second kappa shape index (κ2) is 10.6. The average molecular weight is 506 g/mol. The Kier molecular flexibility index (Phi) is 7.13. The maximum Gasteiger partial charge on any atom is 0.250 e. The number of nitrogens with zero attached hydrogens (tertiary/aromatic N) is 6. The lowest BCUT2D eigenvalue weighted by Crippen LogP contribution is -2.47. The topological polar surface area (TPSA) is 99.4 Å². The Morgan fingerprint density at radius 2 is 1.83 bits per heavy atom. The lowest BCUT2D eigenvalue weighted by Gasteiger charge is -2.34. The monoisotopic (exact) mass is 505 g/mol. The molecule has 0 amide bonds. The Morgan fingerprint density at radius 1 is 1.03 bits per heavy atom. The summed E-state index contributed by atoms with van der Waals surface area (Å²) in [5, 5.41) is 14.2. The number of aliphatic hydroxyl groups is 1. The van der Waals surface area contributed by atoms with Gasteiger partial charge in [0.05, 0.1) is 17.1 Å². The van der Waals surface area contributed by atoms with Crippen molar-refractivity contribution >= 4 is 34.3 Å². The quantitative estimate of drug-likeness (QED) is 0.395. The Labute approximate surface area is 214 Å². The van der Waals surface area contributed by atoms with E-state index >= 15 is 0 Å². The van der Waals surface area contributed by atoms with E-state index in [9.17, 15) is 9.90 Å². The summed E-state index contributed by atoms with van der Waals surface area (Å²) in [6.45, 7) is 4.64. The molecule has 10 heteroatoms. The standard InChI is InChI=1S/C26H28ClN7O2/c1-32-17-20(3-5-24(32)36)19-2-4-23-22(13-19)25(29-15-18-12-21(27)16-28-14-18)31-26(30-23)34-8-6-33(7-9-34)10-11-35/h2-5,12-14,16-17,35H,6-11,15H2,1H3,(H,29,30,31). The molecular weight excluding hydrogens is 478 g/mol. The van der Waals surface area contributed by atoms with E-state index < -0.39 is 0 Å². The number of β-amino-alcohol motifs (C(OH)–C–C–N with tert-alkyl or cyclic N) is 1. The summed E-state index contributed by atoms with van der Waals surface area (Å²) in [4.78, 5) is 30.3. The van der Waals surface area contributed by atoms with Gasteiger partial charge in [0.15, 0.2) is 0 Å². The van der Waals surface area contributed by atoms with Crippen molar-refractivity contribution < 1.29 is 5.11 Å². The van der Waals surface area contributed by atoms with Crippen molar-refractivity contribution in [3.63, 3.8) is 0 Å². The highest BCUT2D eigenvalue weighted by molar-refractivity contribution is 6.30. The van der Waals surface area contributed by atoms with E-state index in [0.29, 0.717) is 24.1 Å². The molecule has 2 N–H and O–H groups in total. The number of benzene rings is 1. The van der Waals surface area contributed by atoms with Gasteiger partial charge in [0.2, 0.25) is 11.5 Å². The molecule has 1 aliphatic rings. The third-order valence-electron chi connectivity index (χ3n) is 6.40. The third-order valence-corrected chi connectivity index (χ3v) is 6.60. The van der Waals surface area contributed by atoms with Crippen LogP contribution in [-0.2, 0) is 13.6 Å². The van der Waals surface area contributed by atoms with Crippen LogP contribution < -0.4 is 15.8 Å². The molecule has 186 valence electrons. The molecule has 0 unspecified atom stereocenters. The van der Waals surface area contributed by atoms with Crippen molar-refractivity contribution in [2.45, 2.75) is 6.54 Å². The first-order chi connectivity index (χ1) is 17.5. The van der Waals surface area contributed by atoms with Crippen LogP contribution in [0, 0.1) is 0 Å². The van der Waals surface area contributed by atoms with E-state index in [1.54, 1.807) is 30.1 Å². The number of anilines is 2. The molecule has 0 spiro atoms. The van der Waals surface area contributed by atoms with Gasteiger partial charge in [-0.1, -0.05) is 17.7 Å². The van der Waals surface area contributed by atoms with Crippen LogP contribution in [0.4, 0.5) is 11.8 Å². The van der Waals surface area contributed by atoms with E-state index in [0.717, 1.165) is 59.6 Å². The number of aromatic nitrogens is 4. The highest BCUT2D eigenvalue weighted by Gasteiger charge is 2.20. The highest BCUT2D eigenvalue weighted by Crippen LogP contribution is 2.29. The van der Waals surface area contributed by atoms with Gasteiger partial charge in [-0.3, -0.25) is 14.7 Å². The van der Waals surface area contributed by atoms with Crippen LogP contribution in [0.5, 0.6) is 0 Å². The van der Waals surface area contributed by atoms with E-state index in [2.05, 4.69) is 26.2 Å². The lowest BCUT2D eigenvalue weighted by atomic mass is 10.0. The summed E-state index contributed by atoms with van der Waals surface area (Å²) in [5.74, 6) is 1.40. The molecule has 0 radical (unpaired) electrons. The van der Waals surface area contributed by atoms with Gasteiger partial charge in [-0.25, -0.2) is 4.98 Å². The Morgan fingerprint density at radius 3 is 2.58 bits per heavy atom. The van der Waals surface area contributed by atoms with Gasteiger partial charge >= 0.3 is 0 Å². The summed E-state index contributed by atoms with van der Waals surface area (Å²) in [5.41, 5.74) is 3.64. The fourth-order valence-electron chi connectivity index (χ4n) is 4.39. The van der Waals surface area contributed by atoms with Gasteiger partial charge in [-0.2, -0.15) is 4.98 Å². The summed E-state index contributed by atoms with van der Waals surface area (Å²) in [6.07, 6.45) is 5.22. The number of pyridine rings is 2. The minimum atomic E-state index is -0.0518. The van der Waals surface area contributed by atoms with Crippen molar-refractivity contribution in [3.05, 3.63) is 75.9 Å².